The van der Waals surface area contributed by atoms with Gasteiger partial charge in [-0.3, -0.25) is 4.98 Å². The molecule has 3 aromatic rings. The molecule has 136 valence electrons. The summed E-state index contributed by atoms with van der Waals surface area (Å²) in [7, 11) is -1.18. The van der Waals surface area contributed by atoms with E-state index in [0.29, 0.717) is 11.6 Å². The molecule has 0 bridgehead atoms. The fourth-order valence-electron chi connectivity index (χ4n) is 2.76. The number of nitrogens with zero attached hydrogens (tertiary/aromatic N) is 3. The Hall–Kier alpha value is -2.11. The Morgan fingerprint density at radius 3 is 2.27 bits per heavy atom. The molecule has 2 heterocycles. The summed E-state index contributed by atoms with van der Waals surface area (Å²) in [6.45, 7) is 9.69. The number of hydrogen-bond acceptors (Lipinski definition) is 3. The minimum absolute atomic E-state index is 0.660. The van der Waals surface area contributed by atoms with Crippen molar-refractivity contribution < 1.29 is 4.84 Å². The highest BCUT2D eigenvalue weighted by atomic mass is 35.5. The molecule has 0 amide bonds. The monoisotopic (exact) mass is 385 g/mol. The van der Waals surface area contributed by atoms with E-state index in [1.807, 2.05) is 43.3 Å². The Labute approximate surface area is 160 Å². The molecule has 0 fully saturated rings. The first-order valence-electron chi connectivity index (χ1n) is 8.74. The van der Waals surface area contributed by atoms with Crippen molar-refractivity contribution in [1.29, 1.82) is 0 Å². The van der Waals surface area contributed by atoms with Gasteiger partial charge in [0, 0.05) is 36.6 Å². The number of aromatic nitrogens is 3. The molecule has 0 saturated carbocycles. The first kappa shape index (κ1) is 18.7. The van der Waals surface area contributed by atoms with E-state index in [1.165, 1.54) is 0 Å². The smallest absolute Gasteiger partial charge is 0.118 e. The van der Waals surface area contributed by atoms with E-state index >= 15 is 0 Å². The minimum atomic E-state index is -1.18. The Morgan fingerprint density at radius 1 is 1.00 bits per heavy atom. The summed E-state index contributed by atoms with van der Waals surface area (Å²) in [5.41, 5.74) is 5.02. The Bertz CT molecular complexity index is 871. The van der Waals surface area contributed by atoms with E-state index in [9.17, 15) is 0 Å². The van der Waals surface area contributed by atoms with Crippen LogP contribution in [0.4, 0.5) is 0 Å². The van der Waals surface area contributed by atoms with Crippen LogP contribution < -0.4 is 4.84 Å². The number of aryl methyl sites for hydroxylation is 1. The summed E-state index contributed by atoms with van der Waals surface area (Å²) in [6.07, 6.45) is 3.59. The van der Waals surface area contributed by atoms with Gasteiger partial charge in [0.15, 0.2) is 0 Å². The van der Waals surface area contributed by atoms with Crippen molar-refractivity contribution in [3.05, 3.63) is 59.5 Å². The highest BCUT2D eigenvalue weighted by molar-refractivity contribution is 6.76. The zero-order valence-corrected chi connectivity index (χ0v) is 17.4. The van der Waals surface area contributed by atoms with Crippen molar-refractivity contribution in [2.45, 2.75) is 32.6 Å². The third-order valence-corrected chi connectivity index (χ3v) is 6.14. The topological polar surface area (TPSA) is 39.9 Å². The van der Waals surface area contributed by atoms with Crippen LogP contribution in [0.25, 0.3) is 22.4 Å². The van der Waals surface area contributed by atoms with Gasteiger partial charge in [0.25, 0.3) is 0 Å². The molecule has 2 aromatic heterocycles. The molecule has 0 aliphatic carbocycles. The van der Waals surface area contributed by atoms with Gasteiger partial charge in [-0.15, -0.1) is 5.10 Å². The molecule has 0 spiro atoms. The maximum Gasteiger partial charge on any atom is 0.118 e. The van der Waals surface area contributed by atoms with Gasteiger partial charge in [-0.2, -0.15) is 0 Å². The fourth-order valence-corrected chi connectivity index (χ4v) is 3.59. The summed E-state index contributed by atoms with van der Waals surface area (Å²) in [4.78, 5) is 11.9. The number of halogens is 1. The molecule has 3 rings (SSSR count). The highest BCUT2D eigenvalue weighted by Gasteiger charge is 2.20. The maximum atomic E-state index is 6.08. The van der Waals surface area contributed by atoms with Crippen molar-refractivity contribution >= 4 is 19.7 Å². The molecular weight excluding hydrogens is 362 g/mol. The lowest BCUT2D eigenvalue weighted by Crippen LogP contribution is -2.26. The quantitative estimate of drug-likeness (QED) is 0.537. The largest absolute Gasteiger partial charge is 0.396 e. The molecule has 4 nitrogen and oxygen atoms in total. The van der Waals surface area contributed by atoms with Gasteiger partial charge in [-0.1, -0.05) is 48.2 Å². The van der Waals surface area contributed by atoms with Gasteiger partial charge in [0.1, 0.15) is 12.3 Å². The first-order chi connectivity index (χ1) is 12.3. The normalized spacial score (nSPS) is 11.6. The van der Waals surface area contributed by atoms with E-state index in [-0.39, 0.29) is 0 Å². The lowest BCUT2D eigenvalue weighted by atomic mass is 10.0. The third-order valence-electron chi connectivity index (χ3n) is 4.18. The lowest BCUT2D eigenvalue weighted by Gasteiger charge is -2.17. The summed E-state index contributed by atoms with van der Waals surface area (Å²) in [5.74, 6) is 0. The summed E-state index contributed by atoms with van der Waals surface area (Å²) in [5, 5.41) is 5.37. The SMILES string of the molecule is Cc1nn(OCC[Si](C)(C)C)c(-c2ccc(Cl)cc2)c1-c1ccncc1. The van der Waals surface area contributed by atoms with Crippen LogP contribution >= 0.6 is 11.6 Å². The van der Waals surface area contributed by atoms with Crippen molar-refractivity contribution in [3.63, 3.8) is 0 Å². The van der Waals surface area contributed by atoms with Gasteiger partial charge in [-0.05, 0) is 42.8 Å². The predicted octanol–water partition coefficient (Wildman–Crippen LogP) is 5.34. The lowest BCUT2D eigenvalue weighted by molar-refractivity contribution is 0.0953. The zero-order valence-electron chi connectivity index (χ0n) is 15.7. The summed E-state index contributed by atoms with van der Waals surface area (Å²) >= 11 is 6.08. The Morgan fingerprint density at radius 2 is 1.65 bits per heavy atom. The summed E-state index contributed by atoms with van der Waals surface area (Å²) < 4.78 is 0. The second-order valence-corrected chi connectivity index (χ2v) is 13.6. The van der Waals surface area contributed by atoms with Crippen LogP contribution in [0.3, 0.4) is 0 Å². The number of benzene rings is 1. The first-order valence-corrected chi connectivity index (χ1v) is 12.8. The van der Waals surface area contributed by atoms with Gasteiger partial charge in [0.2, 0.25) is 0 Å². The van der Waals surface area contributed by atoms with Crippen LogP contribution in [0.2, 0.25) is 30.7 Å². The minimum Gasteiger partial charge on any atom is -0.396 e. The van der Waals surface area contributed by atoms with Crippen molar-refractivity contribution in [2.75, 3.05) is 6.61 Å². The summed E-state index contributed by atoms with van der Waals surface area (Å²) in [6, 6.07) is 12.9. The molecule has 0 radical (unpaired) electrons. The molecular formula is C20H24ClN3OSi. The van der Waals surface area contributed by atoms with Gasteiger partial charge in [0.05, 0.1) is 5.69 Å². The van der Waals surface area contributed by atoms with E-state index in [4.69, 9.17) is 16.4 Å². The van der Waals surface area contributed by atoms with Crippen LogP contribution in [0.1, 0.15) is 5.69 Å². The average Bonchev–Trinajstić information content (AvgIpc) is 2.91. The van der Waals surface area contributed by atoms with Crippen molar-refractivity contribution in [3.8, 4) is 22.4 Å². The number of hydrogen-bond donors (Lipinski definition) is 0. The standard InChI is InChI=1S/C20H24ClN3OSi/c1-15-19(16-9-11-22-12-10-16)20(17-5-7-18(21)8-6-17)24(23-15)25-13-14-26(2,3)4/h5-12H,13-14H2,1-4H3. The highest BCUT2D eigenvalue weighted by Crippen LogP contribution is 2.34. The molecule has 6 heteroatoms. The van der Waals surface area contributed by atoms with Gasteiger partial charge >= 0.3 is 0 Å². The van der Waals surface area contributed by atoms with Crippen LogP contribution in [0.5, 0.6) is 0 Å². The Balaban J connectivity index is 2.05. The molecule has 0 saturated heterocycles. The van der Waals surface area contributed by atoms with E-state index in [2.05, 4.69) is 29.7 Å². The van der Waals surface area contributed by atoms with E-state index in [1.54, 1.807) is 17.2 Å². The zero-order chi connectivity index (χ0) is 18.7. The van der Waals surface area contributed by atoms with Crippen LogP contribution in [-0.2, 0) is 0 Å². The molecule has 0 N–H and O–H groups in total. The predicted molar refractivity (Wildman–Crippen MR) is 110 cm³/mol. The molecule has 26 heavy (non-hydrogen) atoms. The molecule has 0 aliphatic heterocycles. The maximum absolute atomic E-state index is 6.08. The van der Waals surface area contributed by atoms with Crippen molar-refractivity contribution in [1.82, 2.24) is 14.9 Å². The van der Waals surface area contributed by atoms with Crippen molar-refractivity contribution in [2.24, 2.45) is 0 Å². The number of rotatable bonds is 6. The molecule has 1 aromatic carbocycles. The second-order valence-electron chi connectivity index (χ2n) is 7.57. The fraction of sp³-hybridized carbons (Fsp3) is 0.300. The molecule has 0 atom stereocenters. The second kappa shape index (κ2) is 7.64. The average molecular weight is 386 g/mol. The van der Waals surface area contributed by atoms with Crippen LogP contribution in [0, 0.1) is 6.92 Å². The van der Waals surface area contributed by atoms with E-state index in [0.717, 1.165) is 34.1 Å². The van der Waals surface area contributed by atoms with Gasteiger partial charge in [-0.25, -0.2) is 0 Å². The van der Waals surface area contributed by atoms with Crippen LogP contribution in [-0.4, -0.2) is 29.6 Å². The van der Waals surface area contributed by atoms with Crippen LogP contribution in [0.15, 0.2) is 48.8 Å². The molecule has 0 aliphatic rings. The molecule has 0 unspecified atom stereocenters. The van der Waals surface area contributed by atoms with Gasteiger partial charge < -0.3 is 4.84 Å². The Kier molecular flexibility index (Phi) is 5.49. The third kappa shape index (κ3) is 4.34. The van der Waals surface area contributed by atoms with E-state index < -0.39 is 8.07 Å². The number of pyridine rings is 1.